The van der Waals surface area contributed by atoms with Gasteiger partial charge in [0.2, 0.25) is 0 Å². The van der Waals surface area contributed by atoms with E-state index in [1.54, 1.807) is 18.2 Å². The number of anilines is 1. The normalized spacial score (nSPS) is 11.4. The lowest BCUT2D eigenvalue weighted by molar-refractivity contribution is 0.467. The molecule has 0 bridgehead atoms. The van der Waals surface area contributed by atoms with Crippen molar-refractivity contribution in [2.75, 3.05) is 4.72 Å². The molecule has 0 atom stereocenters. The van der Waals surface area contributed by atoms with Crippen molar-refractivity contribution in [2.45, 2.75) is 24.7 Å². The fourth-order valence-electron chi connectivity index (χ4n) is 2.48. The van der Waals surface area contributed by atoms with Gasteiger partial charge in [0.05, 0.1) is 10.5 Å². The van der Waals surface area contributed by atoms with E-state index in [1.165, 1.54) is 22.2 Å². The van der Waals surface area contributed by atoms with E-state index >= 15 is 0 Å². The summed E-state index contributed by atoms with van der Waals surface area (Å²) in [6.45, 7) is 2.01. The standard InChI is InChI=1S/C18H15Cl2FN2O3S2/c1-2-3-11-6-12(19)4-5-15(11)26-16-8-14(21)17(7-13(16)20)28(24,25)23-18-9-27-10-22-18/h4-10,23H,2-3H2,1H3. The molecule has 0 radical (unpaired) electrons. The minimum Gasteiger partial charge on any atom is -0.455 e. The van der Waals surface area contributed by atoms with Crippen LogP contribution < -0.4 is 9.46 Å². The maximum absolute atomic E-state index is 14.6. The second-order valence-corrected chi connectivity index (χ2v) is 9.01. The van der Waals surface area contributed by atoms with Gasteiger partial charge in [-0.2, -0.15) is 0 Å². The molecule has 0 aliphatic rings. The maximum Gasteiger partial charge on any atom is 0.266 e. The highest BCUT2D eigenvalue weighted by Crippen LogP contribution is 2.36. The first-order valence-electron chi connectivity index (χ1n) is 8.16. The van der Waals surface area contributed by atoms with Gasteiger partial charge in [-0.3, -0.25) is 4.72 Å². The molecule has 1 heterocycles. The lowest BCUT2D eigenvalue weighted by Crippen LogP contribution is -2.15. The van der Waals surface area contributed by atoms with Gasteiger partial charge in [0, 0.05) is 16.5 Å². The molecular formula is C18H15Cl2FN2O3S2. The van der Waals surface area contributed by atoms with Crippen LogP contribution in [-0.2, 0) is 16.4 Å². The number of nitrogens with one attached hydrogen (secondary N) is 1. The molecule has 0 unspecified atom stereocenters. The monoisotopic (exact) mass is 460 g/mol. The predicted octanol–water partition coefficient (Wildman–Crippen LogP) is 6.13. The third-order valence-corrected chi connectivity index (χ3v) is 6.20. The first kappa shape index (κ1) is 20.9. The Bertz CT molecular complexity index is 1090. The van der Waals surface area contributed by atoms with Crippen LogP contribution in [-0.4, -0.2) is 13.4 Å². The van der Waals surface area contributed by atoms with Crippen LogP contribution in [0.4, 0.5) is 10.2 Å². The number of ether oxygens (including phenoxy) is 1. The highest BCUT2D eigenvalue weighted by atomic mass is 35.5. The summed E-state index contributed by atoms with van der Waals surface area (Å²) in [4.78, 5) is 3.23. The van der Waals surface area contributed by atoms with Crippen LogP contribution in [0.15, 0.2) is 46.1 Å². The molecule has 3 aromatic rings. The molecule has 0 saturated heterocycles. The van der Waals surface area contributed by atoms with Crippen molar-refractivity contribution in [1.29, 1.82) is 0 Å². The molecule has 2 aromatic carbocycles. The number of hydrogen-bond acceptors (Lipinski definition) is 5. The van der Waals surface area contributed by atoms with Crippen LogP contribution in [0.25, 0.3) is 0 Å². The lowest BCUT2D eigenvalue weighted by Gasteiger charge is -2.14. The molecule has 1 aromatic heterocycles. The molecule has 0 spiro atoms. The number of sulfonamides is 1. The number of hydrogen-bond donors (Lipinski definition) is 1. The summed E-state index contributed by atoms with van der Waals surface area (Å²) in [6.07, 6.45) is 1.57. The fourth-order valence-corrected chi connectivity index (χ4v) is 4.59. The van der Waals surface area contributed by atoms with Gasteiger partial charge in [-0.1, -0.05) is 36.5 Å². The number of benzene rings is 2. The van der Waals surface area contributed by atoms with E-state index in [2.05, 4.69) is 9.71 Å². The minimum absolute atomic E-state index is 0.00597. The van der Waals surface area contributed by atoms with Gasteiger partial charge in [0.1, 0.15) is 22.2 Å². The maximum atomic E-state index is 14.6. The van der Waals surface area contributed by atoms with E-state index in [0.29, 0.717) is 17.2 Å². The SMILES string of the molecule is CCCc1cc(Cl)ccc1Oc1cc(F)c(S(=O)(=O)Nc2cscn2)cc1Cl. The first-order chi connectivity index (χ1) is 13.3. The van der Waals surface area contributed by atoms with E-state index in [9.17, 15) is 12.8 Å². The van der Waals surface area contributed by atoms with E-state index in [0.717, 1.165) is 24.1 Å². The summed E-state index contributed by atoms with van der Waals surface area (Å²) in [5.74, 6) is -0.408. The summed E-state index contributed by atoms with van der Waals surface area (Å²) >= 11 is 13.4. The zero-order chi connectivity index (χ0) is 20.3. The molecule has 0 fully saturated rings. The smallest absolute Gasteiger partial charge is 0.266 e. The van der Waals surface area contributed by atoms with Crippen LogP contribution in [0.1, 0.15) is 18.9 Å². The lowest BCUT2D eigenvalue weighted by atomic mass is 10.1. The van der Waals surface area contributed by atoms with E-state index in [-0.39, 0.29) is 16.6 Å². The number of halogens is 3. The predicted molar refractivity (Wildman–Crippen MR) is 110 cm³/mol. The number of thiazole rings is 1. The number of aromatic nitrogens is 1. The third kappa shape index (κ3) is 4.75. The molecule has 28 heavy (non-hydrogen) atoms. The summed E-state index contributed by atoms with van der Waals surface area (Å²) in [5, 5.41) is 2.00. The second-order valence-electron chi connectivity index (χ2n) is 5.80. The highest BCUT2D eigenvalue weighted by molar-refractivity contribution is 7.92. The van der Waals surface area contributed by atoms with Crippen LogP contribution >= 0.6 is 34.5 Å². The zero-order valence-corrected chi connectivity index (χ0v) is 17.7. The van der Waals surface area contributed by atoms with Crippen molar-refractivity contribution in [2.24, 2.45) is 0 Å². The average Bonchev–Trinajstić information content (AvgIpc) is 3.12. The van der Waals surface area contributed by atoms with Crippen molar-refractivity contribution >= 4 is 50.4 Å². The van der Waals surface area contributed by atoms with Gasteiger partial charge < -0.3 is 4.74 Å². The third-order valence-electron chi connectivity index (χ3n) is 3.71. The number of aryl methyl sites for hydroxylation is 1. The molecule has 10 heteroatoms. The summed E-state index contributed by atoms with van der Waals surface area (Å²) < 4.78 is 47.4. The minimum atomic E-state index is -4.19. The first-order valence-corrected chi connectivity index (χ1v) is 11.3. The Morgan fingerprint density at radius 2 is 2.00 bits per heavy atom. The highest BCUT2D eigenvalue weighted by Gasteiger charge is 2.23. The van der Waals surface area contributed by atoms with Crippen molar-refractivity contribution in [1.82, 2.24) is 4.98 Å². The van der Waals surface area contributed by atoms with Crippen LogP contribution in [0, 0.1) is 5.82 Å². The van der Waals surface area contributed by atoms with Gasteiger partial charge in [-0.25, -0.2) is 17.8 Å². The van der Waals surface area contributed by atoms with Crippen molar-refractivity contribution in [3.63, 3.8) is 0 Å². The Kier molecular flexibility index (Phi) is 6.44. The molecule has 0 saturated carbocycles. The van der Waals surface area contributed by atoms with Crippen molar-refractivity contribution in [3.05, 3.63) is 62.6 Å². The quantitative estimate of drug-likeness (QED) is 0.459. The fraction of sp³-hybridized carbons (Fsp3) is 0.167. The molecular weight excluding hydrogens is 446 g/mol. The van der Waals surface area contributed by atoms with Crippen LogP contribution in [0.5, 0.6) is 11.5 Å². The van der Waals surface area contributed by atoms with E-state index < -0.39 is 20.7 Å². The Hall–Kier alpha value is -1.87. The molecule has 0 amide bonds. The number of nitrogens with zero attached hydrogens (tertiary/aromatic N) is 1. The van der Waals surface area contributed by atoms with Gasteiger partial charge >= 0.3 is 0 Å². The molecule has 0 aliphatic carbocycles. The Labute approximate surface area is 176 Å². The van der Waals surface area contributed by atoms with Gasteiger partial charge in [-0.15, -0.1) is 11.3 Å². The largest absolute Gasteiger partial charge is 0.455 e. The second kappa shape index (κ2) is 8.65. The molecule has 1 N–H and O–H groups in total. The van der Waals surface area contributed by atoms with E-state index in [1.807, 2.05) is 6.92 Å². The Morgan fingerprint density at radius 3 is 2.68 bits per heavy atom. The average molecular weight is 461 g/mol. The van der Waals surface area contributed by atoms with Crippen LogP contribution in [0.3, 0.4) is 0 Å². The molecule has 5 nitrogen and oxygen atoms in total. The molecule has 148 valence electrons. The van der Waals surface area contributed by atoms with Crippen LogP contribution in [0.2, 0.25) is 10.0 Å². The van der Waals surface area contributed by atoms with Crippen molar-refractivity contribution < 1.29 is 17.5 Å². The van der Waals surface area contributed by atoms with Gasteiger partial charge in [0.15, 0.2) is 5.82 Å². The van der Waals surface area contributed by atoms with Crippen molar-refractivity contribution in [3.8, 4) is 11.5 Å². The van der Waals surface area contributed by atoms with Gasteiger partial charge in [-0.05, 0) is 36.2 Å². The topological polar surface area (TPSA) is 68.3 Å². The summed E-state index contributed by atoms with van der Waals surface area (Å²) in [6, 6.07) is 7.03. The summed E-state index contributed by atoms with van der Waals surface area (Å²) in [5.41, 5.74) is 2.30. The van der Waals surface area contributed by atoms with E-state index in [4.69, 9.17) is 27.9 Å². The number of rotatable bonds is 7. The Balaban J connectivity index is 1.93. The summed E-state index contributed by atoms with van der Waals surface area (Å²) in [7, 11) is -4.19. The molecule has 3 rings (SSSR count). The Morgan fingerprint density at radius 1 is 1.21 bits per heavy atom. The van der Waals surface area contributed by atoms with Gasteiger partial charge in [0.25, 0.3) is 10.0 Å². The molecule has 0 aliphatic heterocycles. The zero-order valence-electron chi connectivity index (χ0n) is 14.6.